The summed E-state index contributed by atoms with van der Waals surface area (Å²) in [6.45, 7) is 2.95. The fraction of sp³-hybridized carbons (Fsp3) is 0.273. The van der Waals surface area contributed by atoms with Crippen LogP contribution in [0, 0.1) is 0 Å². The number of aromatic nitrogens is 6. The van der Waals surface area contributed by atoms with Gasteiger partial charge < -0.3 is 21.0 Å². The monoisotopic (exact) mass is 400 g/mol. The summed E-state index contributed by atoms with van der Waals surface area (Å²) in [7, 11) is 0. The van der Waals surface area contributed by atoms with Gasteiger partial charge in [-0.3, -0.25) is 0 Å². The second kappa shape index (κ2) is 7.81. The summed E-state index contributed by atoms with van der Waals surface area (Å²) in [4.78, 5) is 24.5. The van der Waals surface area contributed by atoms with Gasteiger partial charge in [-0.05, 0) is 31.9 Å². The van der Waals surface area contributed by atoms with Crippen LogP contribution >= 0.6 is 0 Å². The normalized spacial score (nSPS) is 17.3. The predicted octanol–water partition coefficient (Wildman–Crippen LogP) is 3.37. The first-order chi connectivity index (χ1) is 14.7. The maximum Gasteiger partial charge on any atom is 0.159 e. The van der Waals surface area contributed by atoms with Gasteiger partial charge in [-0.2, -0.15) is 0 Å². The molecule has 8 nitrogen and oxygen atoms in total. The number of nitrogens with two attached hydrogens (primary N) is 1. The number of hydrogen-bond donors (Lipinski definition) is 4. The lowest BCUT2D eigenvalue weighted by Gasteiger charge is -2.06. The molecule has 1 aliphatic rings. The second-order valence-electron chi connectivity index (χ2n) is 7.67. The minimum Gasteiger partial charge on any atom is -0.341 e. The highest BCUT2D eigenvalue weighted by Gasteiger charge is 2.19. The maximum absolute atomic E-state index is 5.86. The van der Waals surface area contributed by atoms with Crippen molar-refractivity contribution in [2.75, 3.05) is 6.54 Å². The number of nitrogens with zero attached hydrogens (tertiary/aromatic N) is 4. The van der Waals surface area contributed by atoms with E-state index in [1.807, 2.05) is 25.3 Å². The van der Waals surface area contributed by atoms with Gasteiger partial charge in [0.1, 0.15) is 11.6 Å². The van der Waals surface area contributed by atoms with Crippen molar-refractivity contribution < 1.29 is 0 Å². The van der Waals surface area contributed by atoms with Gasteiger partial charge in [0.2, 0.25) is 0 Å². The first-order valence-corrected chi connectivity index (χ1v) is 10.2. The highest BCUT2D eigenvalue weighted by molar-refractivity contribution is 5.66. The average molecular weight is 400 g/mol. The average Bonchev–Trinajstić information content (AvgIpc) is 3.55. The minimum atomic E-state index is -0.141. The van der Waals surface area contributed by atoms with E-state index in [0.717, 1.165) is 52.7 Å². The van der Waals surface area contributed by atoms with Crippen molar-refractivity contribution in [2.45, 2.75) is 31.8 Å². The van der Waals surface area contributed by atoms with Gasteiger partial charge in [-0.15, -0.1) is 0 Å². The zero-order valence-corrected chi connectivity index (χ0v) is 16.8. The minimum absolute atomic E-state index is 0.141. The van der Waals surface area contributed by atoms with Crippen molar-refractivity contribution in [1.29, 1.82) is 0 Å². The Balaban J connectivity index is 1.32. The standard InChI is InChI=1S/C22H24N8/c1-13(23)20-27-12-19(29-20)16-9-25-21(26-10-16)15-6-4-14(5-7-15)18-11-28-22(30-18)17-3-2-8-24-17/h4-7,9-13,17,24H,2-3,8,23H2,1H3,(H,27,29)(H,28,30)/t13-,17+/m0/s1. The molecule has 1 saturated heterocycles. The second-order valence-corrected chi connectivity index (χ2v) is 7.67. The van der Waals surface area contributed by atoms with Gasteiger partial charge in [0.05, 0.1) is 35.9 Å². The number of H-pyrrole nitrogens is 2. The molecule has 8 heteroatoms. The van der Waals surface area contributed by atoms with Crippen LogP contribution < -0.4 is 11.1 Å². The van der Waals surface area contributed by atoms with E-state index in [-0.39, 0.29) is 6.04 Å². The highest BCUT2D eigenvalue weighted by atomic mass is 15.0. The third-order valence-corrected chi connectivity index (χ3v) is 5.43. The van der Waals surface area contributed by atoms with Crippen molar-refractivity contribution in [3.8, 4) is 33.9 Å². The summed E-state index contributed by atoms with van der Waals surface area (Å²) in [6.07, 6.45) is 9.57. The molecule has 152 valence electrons. The van der Waals surface area contributed by atoms with Crippen molar-refractivity contribution in [2.24, 2.45) is 5.73 Å². The molecule has 0 bridgehead atoms. The Morgan fingerprint density at radius 1 is 0.867 bits per heavy atom. The molecule has 2 atom stereocenters. The fourth-order valence-corrected chi connectivity index (χ4v) is 3.71. The van der Waals surface area contributed by atoms with Crippen LogP contribution in [0.4, 0.5) is 0 Å². The summed E-state index contributed by atoms with van der Waals surface area (Å²) in [5, 5.41) is 3.47. The molecule has 0 aliphatic carbocycles. The Hall–Kier alpha value is -3.36. The Morgan fingerprint density at radius 3 is 2.23 bits per heavy atom. The molecule has 5 rings (SSSR count). The van der Waals surface area contributed by atoms with Gasteiger partial charge >= 0.3 is 0 Å². The largest absolute Gasteiger partial charge is 0.341 e. The van der Waals surface area contributed by atoms with Crippen LogP contribution in [-0.2, 0) is 0 Å². The van der Waals surface area contributed by atoms with Crippen molar-refractivity contribution in [1.82, 2.24) is 35.2 Å². The van der Waals surface area contributed by atoms with E-state index >= 15 is 0 Å². The van der Waals surface area contributed by atoms with Gasteiger partial charge in [-0.1, -0.05) is 24.3 Å². The zero-order chi connectivity index (χ0) is 20.5. The van der Waals surface area contributed by atoms with Crippen LogP contribution in [0.15, 0.2) is 49.1 Å². The topological polar surface area (TPSA) is 121 Å². The van der Waals surface area contributed by atoms with E-state index in [1.165, 1.54) is 6.42 Å². The molecule has 1 aromatic carbocycles. The smallest absolute Gasteiger partial charge is 0.159 e. The summed E-state index contributed by atoms with van der Waals surface area (Å²) in [6, 6.07) is 8.39. The number of benzene rings is 1. The molecule has 0 saturated carbocycles. The maximum atomic E-state index is 5.86. The van der Waals surface area contributed by atoms with Crippen LogP contribution in [0.3, 0.4) is 0 Å². The predicted molar refractivity (Wildman–Crippen MR) is 115 cm³/mol. The molecule has 4 aromatic rings. The SMILES string of the molecule is C[C@H](N)c1ncc(-c2cnc(-c3ccc(-c4cnc([C@H]5CCCN5)[nH]4)cc3)nc2)[nH]1. The summed E-state index contributed by atoms with van der Waals surface area (Å²) in [5.41, 5.74) is 10.7. The van der Waals surface area contributed by atoms with E-state index in [0.29, 0.717) is 11.9 Å². The van der Waals surface area contributed by atoms with Gasteiger partial charge in [0.15, 0.2) is 5.82 Å². The quantitative estimate of drug-likeness (QED) is 0.407. The van der Waals surface area contributed by atoms with Crippen LogP contribution in [-0.4, -0.2) is 36.4 Å². The molecule has 0 unspecified atom stereocenters. The Labute approximate surface area is 174 Å². The van der Waals surface area contributed by atoms with E-state index in [9.17, 15) is 0 Å². The van der Waals surface area contributed by atoms with Crippen LogP contribution in [0.25, 0.3) is 33.9 Å². The first-order valence-electron chi connectivity index (χ1n) is 10.2. The Bertz CT molecular complexity index is 1120. The molecule has 0 amide bonds. The number of aromatic amines is 2. The Morgan fingerprint density at radius 2 is 1.57 bits per heavy atom. The molecule has 0 radical (unpaired) electrons. The van der Waals surface area contributed by atoms with E-state index in [2.05, 4.69) is 47.4 Å². The van der Waals surface area contributed by atoms with Crippen molar-refractivity contribution in [3.63, 3.8) is 0 Å². The lowest BCUT2D eigenvalue weighted by atomic mass is 10.1. The number of nitrogens with one attached hydrogen (secondary N) is 3. The summed E-state index contributed by atoms with van der Waals surface area (Å²) >= 11 is 0. The van der Waals surface area contributed by atoms with Gasteiger partial charge in [0, 0.05) is 23.5 Å². The lowest BCUT2D eigenvalue weighted by Crippen LogP contribution is -2.14. The van der Waals surface area contributed by atoms with Gasteiger partial charge in [0.25, 0.3) is 0 Å². The Kier molecular flexibility index (Phi) is 4.86. The first kappa shape index (κ1) is 18.7. The van der Waals surface area contributed by atoms with Crippen LogP contribution in [0.5, 0.6) is 0 Å². The molecule has 30 heavy (non-hydrogen) atoms. The molecule has 3 aromatic heterocycles. The van der Waals surface area contributed by atoms with Crippen molar-refractivity contribution in [3.05, 3.63) is 60.7 Å². The van der Waals surface area contributed by atoms with Crippen molar-refractivity contribution >= 4 is 0 Å². The summed E-state index contributed by atoms with van der Waals surface area (Å²) < 4.78 is 0. The van der Waals surface area contributed by atoms with E-state index in [1.54, 1.807) is 18.6 Å². The molecule has 5 N–H and O–H groups in total. The third kappa shape index (κ3) is 3.62. The molecule has 0 spiro atoms. The number of imidazole rings is 2. The molecule has 1 fully saturated rings. The number of rotatable bonds is 5. The van der Waals surface area contributed by atoms with Gasteiger partial charge in [-0.25, -0.2) is 19.9 Å². The number of hydrogen-bond acceptors (Lipinski definition) is 6. The molecular formula is C22H24N8. The third-order valence-electron chi connectivity index (χ3n) is 5.43. The molecule has 1 aliphatic heterocycles. The highest BCUT2D eigenvalue weighted by Crippen LogP contribution is 2.26. The van der Waals surface area contributed by atoms with E-state index in [4.69, 9.17) is 5.73 Å². The van der Waals surface area contributed by atoms with E-state index < -0.39 is 0 Å². The molecular weight excluding hydrogens is 376 g/mol. The van der Waals surface area contributed by atoms with Crippen LogP contribution in [0.1, 0.15) is 43.5 Å². The van der Waals surface area contributed by atoms with Crippen LogP contribution in [0.2, 0.25) is 0 Å². The molecule has 4 heterocycles. The lowest BCUT2D eigenvalue weighted by molar-refractivity contribution is 0.613. The summed E-state index contributed by atoms with van der Waals surface area (Å²) in [5.74, 6) is 2.43. The zero-order valence-electron chi connectivity index (χ0n) is 16.8. The fourth-order valence-electron chi connectivity index (χ4n) is 3.71.